The van der Waals surface area contributed by atoms with Gasteiger partial charge in [0.15, 0.2) is 11.5 Å². The minimum absolute atomic E-state index is 0.0965. The van der Waals surface area contributed by atoms with Gasteiger partial charge in [-0.25, -0.2) is 0 Å². The van der Waals surface area contributed by atoms with E-state index in [-0.39, 0.29) is 17.9 Å². The van der Waals surface area contributed by atoms with E-state index in [2.05, 4.69) is 12.2 Å². The third-order valence-corrected chi connectivity index (χ3v) is 6.55. The van der Waals surface area contributed by atoms with Crippen LogP contribution in [0.4, 0.5) is 0 Å². The Hall–Kier alpha value is -3.02. The molecule has 2 aromatic carbocycles. The molecular formula is C26H32N2O4. The van der Waals surface area contributed by atoms with Crippen molar-refractivity contribution in [2.45, 2.75) is 58.2 Å². The average Bonchev–Trinajstić information content (AvgIpc) is 3.08. The van der Waals surface area contributed by atoms with Crippen LogP contribution in [0.3, 0.4) is 0 Å². The summed E-state index contributed by atoms with van der Waals surface area (Å²) >= 11 is 0. The van der Waals surface area contributed by atoms with E-state index in [1.165, 1.54) is 0 Å². The van der Waals surface area contributed by atoms with Gasteiger partial charge in [-0.2, -0.15) is 0 Å². The number of ether oxygens (including phenoxy) is 2. The van der Waals surface area contributed by atoms with E-state index in [1.807, 2.05) is 43.3 Å². The quantitative estimate of drug-likeness (QED) is 0.695. The van der Waals surface area contributed by atoms with E-state index < -0.39 is 6.04 Å². The lowest BCUT2D eigenvalue weighted by Crippen LogP contribution is -2.44. The molecule has 1 heterocycles. The highest BCUT2D eigenvalue weighted by molar-refractivity contribution is 6.04. The molecule has 2 aliphatic rings. The molecule has 170 valence electrons. The molecule has 6 heteroatoms. The predicted molar refractivity (Wildman–Crippen MR) is 123 cm³/mol. The minimum atomic E-state index is -0.629. The summed E-state index contributed by atoms with van der Waals surface area (Å²) in [6.45, 7) is 5.04. The van der Waals surface area contributed by atoms with Gasteiger partial charge in [-0.1, -0.05) is 31.2 Å². The number of benzene rings is 2. The first-order valence-electron chi connectivity index (χ1n) is 11.5. The summed E-state index contributed by atoms with van der Waals surface area (Å²) in [5.74, 6) is 1.77. The van der Waals surface area contributed by atoms with E-state index in [0.717, 1.165) is 36.8 Å². The Balaban J connectivity index is 1.58. The van der Waals surface area contributed by atoms with Crippen molar-refractivity contribution in [3.05, 3.63) is 59.2 Å². The molecule has 0 bridgehead atoms. The van der Waals surface area contributed by atoms with Gasteiger partial charge in [0, 0.05) is 18.2 Å². The standard InChI is InChI=1S/C26H32N2O4/c1-4-32-22-14-11-18(15-23(22)31-3)16-28-24(20-7-5-6-8-21(20)26(28)30)25(29)27-19-12-9-17(2)10-13-19/h5-8,11,14-15,17,19,24H,4,9-10,12-13,16H2,1-3H3,(H,27,29)/t17?,19?,24-/m1/s1. The summed E-state index contributed by atoms with van der Waals surface area (Å²) in [5, 5.41) is 3.23. The van der Waals surface area contributed by atoms with Crippen LogP contribution in [0.1, 0.15) is 67.1 Å². The first-order chi connectivity index (χ1) is 15.5. The summed E-state index contributed by atoms with van der Waals surface area (Å²) < 4.78 is 11.1. The fourth-order valence-electron chi connectivity index (χ4n) is 4.78. The van der Waals surface area contributed by atoms with E-state index in [9.17, 15) is 9.59 Å². The maximum atomic E-state index is 13.4. The maximum Gasteiger partial charge on any atom is 0.255 e. The summed E-state index contributed by atoms with van der Waals surface area (Å²) in [7, 11) is 1.60. The number of amides is 2. The first kappa shape index (κ1) is 22.2. The molecule has 1 N–H and O–H groups in total. The Morgan fingerprint density at radius 2 is 1.84 bits per heavy atom. The van der Waals surface area contributed by atoms with Crippen LogP contribution in [-0.4, -0.2) is 36.5 Å². The van der Waals surface area contributed by atoms with Gasteiger partial charge in [-0.05, 0) is 67.9 Å². The molecule has 0 aromatic heterocycles. The lowest BCUT2D eigenvalue weighted by molar-refractivity contribution is -0.126. The minimum Gasteiger partial charge on any atom is -0.493 e. The highest BCUT2D eigenvalue weighted by Gasteiger charge is 2.41. The van der Waals surface area contributed by atoms with Gasteiger partial charge in [0.25, 0.3) is 5.91 Å². The number of carbonyl (C=O) groups excluding carboxylic acids is 2. The maximum absolute atomic E-state index is 13.4. The molecule has 4 rings (SSSR count). The Bertz CT molecular complexity index is 982. The van der Waals surface area contributed by atoms with Crippen molar-refractivity contribution in [3.8, 4) is 11.5 Å². The smallest absolute Gasteiger partial charge is 0.255 e. The summed E-state index contributed by atoms with van der Waals surface area (Å²) in [4.78, 5) is 28.3. The second kappa shape index (κ2) is 9.63. The zero-order chi connectivity index (χ0) is 22.7. The molecular weight excluding hydrogens is 404 g/mol. The van der Waals surface area contributed by atoms with Gasteiger partial charge in [0.1, 0.15) is 6.04 Å². The molecule has 1 atom stereocenters. The number of carbonyl (C=O) groups is 2. The van der Waals surface area contributed by atoms with Crippen LogP contribution in [0.5, 0.6) is 11.5 Å². The monoisotopic (exact) mass is 436 g/mol. The number of methoxy groups -OCH3 is 1. The molecule has 32 heavy (non-hydrogen) atoms. The largest absolute Gasteiger partial charge is 0.493 e. The normalized spacial score (nSPS) is 22.4. The van der Waals surface area contributed by atoms with Gasteiger partial charge in [-0.3, -0.25) is 9.59 Å². The molecule has 6 nitrogen and oxygen atoms in total. The molecule has 0 radical (unpaired) electrons. The van der Waals surface area contributed by atoms with Gasteiger partial charge < -0.3 is 19.7 Å². The van der Waals surface area contributed by atoms with Crippen LogP contribution >= 0.6 is 0 Å². The fourth-order valence-corrected chi connectivity index (χ4v) is 4.78. The van der Waals surface area contributed by atoms with Crippen LogP contribution in [-0.2, 0) is 11.3 Å². The second-order valence-electron chi connectivity index (χ2n) is 8.81. The molecule has 0 spiro atoms. The Morgan fingerprint density at radius 3 is 2.56 bits per heavy atom. The zero-order valence-electron chi connectivity index (χ0n) is 19.1. The van der Waals surface area contributed by atoms with Crippen molar-refractivity contribution in [2.75, 3.05) is 13.7 Å². The van der Waals surface area contributed by atoms with Crippen molar-refractivity contribution in [1.29, 1.82) is 0 Å². The van der Waals surface area contributed by atoms with Crippen LogP contribution in [0.25, 0.3) is 0 Å². The van der Waals surface area contributed by atoms with Gasteiger partial charge in [0.05, 0.1) is 13.7 Å². The number of hydrogen-bond donors (Lipinski definition) is 1. The van der Waals surface area contributed by atoms with Crippen molar-refractivity contribution in [3.63, 3.8) is 0 Å². The number of nitrogens with zero attached hydrogens (tertiary/aromatic N) is 1. The lowest BCUT2D eigenvalue weighted by Gasteiger charge is -2.30. The van der Waals surface area contributed by atoms with E-state index in [4.69, 9.17) is 9.47 Å². The molecule has 2 aromatic rings. The van der Waals surface area contributed by atoms with Crippen LogP contribution in [0.15, 0.2) is 42.5 Å². The number of hydrogen-bond acceptors (Lipinski definition) is 4. The Kier molecular flexibility index (Phi) is 6.68. The Morgan fingerprint density at radius 1 is 1.09 bits per heavy atom. The van der Waals surface area contributed by atoms with E-state index in [1.54, 1.807) is 18.1 Å². The molecule has 0 unspecified atom stereocenters. The predicted octanol–water partition coefficient (Wildman–Crippen LogP) is 4.49. The lowest BCUT2D eigenvalue weighted by atomic mass is 9.87. The molecule has 2 amide bonds. The SMILES string of the molecule is CCOc1ccc(CN2C(=O)c3ccccc3[C@@H]2C(=O)NC2CCC(C)CC2)cc1OC. The van der Waals surface area contributed by atoms with Crippen LogP contribution in [0, 0.1) is 5.92 Å². The average molecular weight is 437 g/mol. The molecule has 0 saturated heterocycles. The topological polar surface area (TPSA) is 67.9 Å². The van der Waals surface area contributed by atoms with E-state index >= 15 is 0 Å². The molecule has 1 aliphatic carbocycles. The number of rotatable bonds is 7. The molecule has 1 fully saturated rings. The third-order valence-electron chi connectivity index (χ3n) is 6.55. The number of nitrogens with one attached hydrogen (secondary N) is 1. The molecule has 1 aliphatic heterocycles. The van der Waals surface area contributed by atoms with Gasteiger partial charge in [0.2, 0.25) is 5.91 Å². The number of fused-ring (bicyclic) bond motifs is 1. The molecule has 1 saturated carbocycles. The fraction of sp³-hybridized carbons (Fsp3) is 0.462. The Labute approximate surface area is 189 Å². The summed E-state index contributed by atoms with van der Waals surface area (Å²) in [6, 6.07) is 12.6. The van der Waals surface area contributed by atoms with Crippen molar-refractivity contribution >= 4 is 11.8 Å². The highest BCUT2D eigenvalue weighted by atomic mass is 16.5. The zero-order valence-corrected chi connectivity index (χ0v) is 19.1. The van der Waals surface area contributed by atoms with Gasteiger partial charge >= 0.3 is 0 Å². The second-order valence-corrected chi connectivity index (χ2v) is 8.81. The van der Waals surface area contributed by atoms with Crippen molar-refractivity contribution in [2.24, 2.45) is 5.92 Å². The summed E-state index contributed by atoms with van der Waals surface area (Å²) in [5.41, 5.74) is 2.26. The van der Waals surface area contributed by atoms with E-state index in [0.29, 0.717) is 36.1 Å². The highest BCUT2D eigenvalue weighted by Crippen LogP contribution is 2.37. The van der Waals surface area contributed by atoms with Crippen molar-refractivity contribution < 1.29 is 19.1 Å². The van der Waals surface area contributed by atoms with Crippen LogP contribution < -0.4 is 14.8 Å². The van der Waals surface area contributed by atoms with Crippen LogP contribution in [0.2, 0.25) is 0 Å². The van der Waals surface area contributed by atoms with Crippen molar-refractivity contribution in [1.82, 2.24) is 10.2 Å². The third kappa shape index (κ3) is 4.45. The first-order valence-corrected chi connectivity index (χ1v) is 11.5. The van der Waals surface area contributed by atoms with Gasteiger partial charge in [-0.15, -0.1) is 0 Å². The summed E-state index contributed by atoms with van der Waals surface area (Å²) in [6.07, 6.45) is 4.23.